The zero-order valence-corrected chi connectivity index (χ0v) is 20.9. The van der Waals surface area contributed by atoms with E-state index in [1.807, 2.05) is 35.0 Å². The molecule has 186 valence electrons. The maximum atomic E-state index is 6.42. The summed E-state index contributed by atoms with van der Waals surface area (Å²) in [5.41, 5.74) is 21.4. The van der Waals surface area contributed by atoms with Gasteiger partial charge in [0.15, 0.2) is 5.65 Å². The summed E-state index contributed by atoms with van der Waals surface area (Å²) in [5, 5.41) is 6.97. The van der Waals surface area contributed by atoms with Crippen molar-refractivity contribution in [3.05, 3.63) is 101 Å². The molecule has 4 aromatic heterocycles. The lowest BCUT2D eigenvalue weighted by Gasteiger charge is -2.15. The Balaban J connectivity index is 1.38. The number of pyridine rings is 1. The summed E-state index contributed by atoms with van der Waals surface area (Å²) in [5.74, 6) is 1.12. The van der Waals surface area contributed by atoms with Crippen LogP contribution in [0.5, 0.6) is 0 Å². The van der Waals surface area contributed by atoms with Crippen LogP contribution in [0, 0.1) is 6.92 Å². The summed E-state index contributed by atoms with van der Waals surface area (Å²) >= 11 is 0. The monoisotopic (exact) mass is 498 g/mol. The van der Waals surface area contributed by atoms with Crippen molar-refractivity contribution in [2.75, 3.05) is 11.5 Å². The van der Waals surface area contributed by atoms with Crippen molar-refractivity contribution in [2.45, 2.75) is 25.8 Å². The van der Waals surface area contributed by atoms with Gasteiger partial charge in [0, 0.05) is 28.1 Å². The molecule has 0 spiro atoms. The molecule has 1 unspecified atom stereocenters. The van der Waals surface area contributed by atoms with Crippen molar-refractivity contribution < 1.29 is 0 Å². The maximum absolute atomic E-state index is 6.42. The number of hydrogen-bond acceptors (Lipinski definition) is 6. The summed E-state index contributed by atoms with van der Waals surface area (Å²) in [4.78, 5) is 17.2. The number of para-hydroxylation sites is 1. The Labute approximate surface area is 219 Å². The van der Waals surface area contributed by atoms with Crippen LogP contribution in [0.1, 0.15) is 34.0 Å². The predicted molar refractivity (Wildman–Crippen MR) is 151 cm³/mol. The van der Waals surface area contributed by atoms with Gasteiger partial charge in [-0.05, 0) is 48.7 Å². The number of allylic oxidation sites excluding steroid dienone is 1. The van der Waals surface area contributed by atoms with E-state index in [2.05, 4.69) is 64.4 Å². The van der Waals surface area contributed by atoms with Gasteiger partial charge in [-0.2, -0.15) is 5.10 Å². The third-order valence-corrected chi connectivity index (χ3v) is 7.35. The van der Waals surface area contributed by atoms with E-state index in [0.717, 1.165) is 56.5 Å². The second-order valence-corrected chi connectivity index (χ2v) is 9.84. The van der Waals surface area contributed by atoms with Crippen LogP contribution in [0.25, 0.3) is 39.3 Å². The summed E-state index contributed by atoms with van der Waals surface area (Å²) < 4.78 is 1.94. The van der Waals surface area contributed by atoms with Gasteiger partial charge >= 0.3 is 0 Å². The molecule has 5 N–H and O–H groups in total. The fourth-order valence-electron chi connectivity index (χ4n) is 5.50. The van der Waals surface area contributed by atoms with Gasteiger partial charge < -0.3 is 16.5 Å². The molecule has 8 heteroatoms. The van der Waals surface area contributed by atoms with E-state index < -0.39 is 0 Å². The van der Waals surface area contributed by atoms with Crippen molar-refractivity contribution in [1.29, 1.82) is 0 Å². The smallest absolute Gasteiger partial charge is 0.163 e. The Bertz CT molecular complexity index is 1880. The zero-order chi connectivity index (χ0) is 25.8. The minimum absolute atomic E-state index is 0.0281. The van der Waals surface area contributed by atoms with Gasteiger partial charge in [0.1, 0.15) is 18.0 Å². The van der Waals surface area contributed by atoms with Crippen LogP contribution in [-0.2, 0) is 13.0 Å². The lowest BCUT2D eigenvalue weighted by molar-refractivity contribution is 0.668. The minimum atomic E-state index is 0.0281. The number of benzene rings is 2. The van der Waals surface area contributed by atoms with E-state index in [1.165, 1.54) is 11.9 Å². The Morgan fingerprint density at radius 3 is 2.76 bits per heavy atom. The molecule has 4 heterocycles. The van der Waals surface area contributed by atoms with Crippen LogP contribution >= 0.6 is 0 Å². The van der Waals surface area contributed by atoms with Crippen molar-refractivity contribution in [3.63, 3.8) is 0 Å². The molecule has 1 atom stereocenters. The summed E-state index contributed by atoms with van der Waals surface area (Å²) in [6.07, 6.45) is 6.48. The number of nitrogens with zero attached hydrogens (tertiary/aromatic N) is 5. The number of aromatic amines is 1. The first-order chi connectivity index (χ1) is 18.5. The Hall–Kier alpha value is -4.98. The highest BCUT2D eigenvalue weighted by atomic mass is 15.3. The average molecular weight is 499 g/mol. The van der Waals surface area contributed by atoms with E-state index in [0.29, 0.717) is 23.8 Å². The number of aromatic nitrogens is 6. The Morgan fingerprint density at radius 1 is 1.03 bits per heavy atom. The first-order valence-corrected chi connectivity index (χ1v) is 12.6. The summed E-state index contributed by atoms with van der Waals surface area (Å²) in [6, 6.07) is 20.7. The molecule has 7 rings (SSSR count). The van der Waals surface area contributed by atoms with Gasteiger partial charge in [-0.15, -0.1) is 0 Å². The van der Waals surface area contributed by atoms with Gasteiger partial charge in [0.2, 0.25) is 0 Å². The second kappa shape index (κ2) is 8.55. The summed E-state index contributed by atoms with van der Waals surface area (Å²) in [6.45, 7) is 2.61. The summed E-state index contributed by atoms with van der Waals surface area (Å²) in [7, 11) is 0. The molecular weight excluding hydrogens is 472 g/mol. The molecule has 0 saturated heterocycles. The highest BCUT2D eigenvalue weighted by Crippen LogP contribution is 2.36. The Kier molecular flexibility index (Phi) is 5.00. The van der Waals surface area contributed by atoms with E-state index >= 15 is 0 Å². The topological polar surface area (TPSA) is 124 Å². The molecule has 0 aliphatic heterocycles. The SMILES string of the molecule is Cc1ccccc1-c1nc2ccccc2cc1Cn1nc(C2C=Cc3[nH]c(N)cc3C2)c2c(N)ncnc21. The molecule has 0 saturated carbocycles. The first-order valence-electron chi connectivity index (χ1n) is 12.6. The van der Waals surface area contributed by atoms with Gasteiger partial charge in [0.05, 0.1) is 28.8 Å². The molecule has 38 heavy (non-hydrogen) atoms. The van der Waals surface area contributed by atoms with Crippen LogP contribution in [0.3, 0.4) is 0 Å². The fourth-order valence-corrected chi connectivity index (χ4v) is 5.50. The molecule has 0 amide bonds. The van der Waals surface area contributed by atoms with Crippen molar-refractivity contribution in [3.8, 4) is 11.3 Å². The second-order valence-electron chi connectivity index (χ2n) is 9.84. The van der Waals surface area contributed by atoms with Crippen LogP contribution in [0.15, 0.2) is 73.1 Å². The number of nitrogens with one attached hydrogen (secondary N) is 1. The number of fused-ring (bicyclic) bond motifs is 3. The van der Waals surface area contributed by atoms with Gasteiger partial charge in [0.25, 0.3) is 0 Å². The maximum Gasteiger partial charge on any atom is 0.163 e. The van der Waals surface area contributed by atoms with Gasteiger partial charge in [-0.1, -0.05) is 48.5 Å². The van der Waals surface area contributed by atoms with Gasteiger partial charge in [-0.25, -0.2) is 19.6 Å². The van der Waals surface area contributed by atoms with E-state index in [1.54, 1.807) is 0 Å². The molecule has 0 fully saturated rings. The van der Waals surface area contributed by atoms with Crippen molar-refractivity contribution in [2.24, 2.45) is 0 Å². The number of nitrogens with two attached hydrogens (primary N) is 2. The largest absolute Gasteiger partial charge is 0.385 e. The Morgan fingerprint density at radius 2 is 1.87 bits per heavy atom. The highest BCUT2D eigenvalue weighted by Gasteiger charge is 2.26. The van der Waals surface area contributed by atoms with Crippen molar-refractivity contribution >= 4 is 39.6 Å². The zero-order valence-electron chi connectivity index (χ0n) is 20.9. The van der Waals surface area contributed by atoms with E-state index in [-0.39, 0.29) is 5.92 Å². The van der Waals surface area contributed by atoms with Gasteiger partial charge in [-0.3, -0.25) is 0 Å². The molecule has 6 aromatic rings. The lowest BCUT2D eigenvalue weighted by Crippen LogP contribution is -2.09. The average Bonchev–Trinajstić information content (AvgIpc) is 3.48. The van der Waals surface area contributed by atoms with Crippen LogP contribution in [0.4, 0.5) is 11.6 Å². The highest BCUT2D eigenvalue weighted by molar-refractivity contribution is 5.89. The number of rotatable bonds is 4. The molecular formula is C30H26N8. The van der Waals surface area contributed by atoms with Crippen LogP contribution < -0.4 is 11.5 Å². The molecule has 8 nitrogen and oxygen atoms in total. The van der Waals surface area contributed by atoms with Crippen LogP contribution in [0.2, 0.25) is 0 Å². The molecule has 1 aliphatic carbocycles. The first kappa shape index (κ1) is 22.2. The molecule has 0 radical (unpaired) electrons. The number of anilines is 2. The fraction of sp³-hybridized carbons (Fsp3) is 0.133. The van der Waals surface area contributed by atoms with Crippen molar-refractivity contribution in [1.82, 2.24) is 29.7 Å². The molecule has 0 bridgehead atoms. The quantitative estimate of drug-likeness (QED) is 0.305. The normalized spacial score (nSPS) is 14.8. The minimum Gasteiger partial charge on any atom is -0.385 e. The standard InChI is InChI=1S/C30H26N8/c1-17-6-2-4-8-22(17)27-21(12-18-7-3-5-9-23(18)36-27)15-38-30-26(29(32)33-16-34-30)28(37-38)19-10-11-24-20(13-19)14-25(31)35-24/h2-12,14,16,19,35H,13,15,31H2,1H3,(H2,32,33,34). The molecule has 2 aromatic carbocycles. The van der Waals surface area contributed by atoms with Crippen LogP contribution in [-0.4, -0.2) is 29.7 Å². The number of hydrogen-bond donors (Lipinski definition) is 3. The number of aryl methyl sites for hydroxylation is 1. The number of H-pyrrole nitrogens is 1. The lowest BCUT2D eigenvalue weighted by atomic mass is 9.90. The third-order valence-electron chi connectivity index (χ3n) is 7.35. The third kappa shape index (κ3) is 3.61. The molecule has 1 aliphatic rings. The van der Waals surface area contributed by atoms with E-state index in [9.17, 15) is 0 Å². The number of nitrogen functional groups attached to an aromatic ring is 2. The predicted octanol–water partition coefficient (Wildman–Crippen LogP) is 5.24. The van der Waals surface area contributed by atoms with E-state index in [4.69, 9.17) is 21.5 Å².